The summed E-state index contributed by atoms with van der Waals surface area (Å²) >= 11 is 0. The topological polar surface area (TPSA) is 32.9 Å². The summed E-state index contributed by atoms with van der Waals surface area (Å²) in [6.45, 7) is 10.5. The summed E-state index contributed by atoms with van der Waals surface area (Å²) in [5, 5.41) is 0. The predicted octanol–water partition coefficient (Wildman–Crippen LogP) is 2.80. The third-order valence-electron chi connectivity index (χ3n) is 2.35. The summed E-state index contributed by atoms with van der Waals surface area (Å²) in [5.41, 5.74) is 2.16. The van der Waals surface area contributed by atoms with E-state index >= 15 is 0 Å². The molecule has 0 aliphatic heterocycles. The summed E-state index contributed by atoms with van der Waals surface area (Å²) in [6.07, 6.45) is 0. The van der Waals surface area contributed by atoms with Gasteiger partial charge in [-0.2, -0.15) is 0 Å². The van der Waals surface area contributed by atoms with E-state index in [2.05, 4.69) is 45.7 Å². The number of hydrogen-bond donors (Lipinski definition) is 1. The number of pyridine rings is 1. The lowest BCUT2D eigenvalue weighted by Gasteiger charge is -2.20. The van der Waals surface area contributed by atoms with Gasteiger partial charge in [0, 0.05) is 11.8 Å². The number of aromatic nitrogens is 1. The first-order chi connectivity index (χ1) is 6.30. The minimum absolute atomic E-state index is 0.00104. The van der Waals surface area contributed by atoms with Crippen molar-refractivity contribution in [3.05, 3.63) is 33.7 Å². The normalized spacial score (nSPS) is 12.1. The minimum Gasteiger partial charge on any atom is -0.326 e. The molecule has 78 valence electrons. The van der Waals surface area contributed by atoms with Crippen LogP contribution in [-0.2, 0) is 5.41 Å². The zero-order valence-electron chi connectivity index (χ0n) is 9.64. The molecule has 14 heavy (non-hydrogen) atoms. The number of H-pyrrole nitrogens is 1. The molecular formula is C12H19NO. The van der Waals surface area contributed by atoms with Crippen molar-refractivity contribution in [2.75, 3.05) is 0 Å². The molecule has 0 bridgehead atoms. The Bertz CT molecular complexity index is 369. The SMILES string of the molecule is CC(C)c1cc(C(C)(C)C)cc(=O)[nH]1. The third kappa shape index (κ3) is 2.47. The van der Waals surface area contributed by atoms with Crippen LogP contribution >= 0.6 is 0 Å². The predicted molar refractivity (Wildman–Crippen MR) is 59.9 cm³/mol. The number of aromatic amines is 1. The lowest BCUT2D eigenvalue weighted by atomic mass is 9.86. The molecule has 0 aliphatic rings. The molecule has 0 fully saturated rings. The van der Waals surface area contributed by atoms with Gasteiger partial charge in [0.15, 0.2) is 0 Å². The standard InChI is InChI=1S/C12H19NO/c1-8(2)10-6-9(12(3,4)5)7-11(14)13-10/h6-8H,1-5H3,(H,13,14). The molecule has 2 heteroatoms. The highest BCUT2D eigenvalue weighted by Gasteiger charge is 2.15. The molecule has 0 unspecified atom stereocenters. The van der Waals surface area contributed by atoms with E-state index in [1.54, 1.807) is 6.07 Å². The zero-order valence-corrected chi connectivity index (χ0v) is 9.64. The fourth-order valence-electron chi connectivity index (χ4n) is 1.31. The molecule has 2 nitrogen and oxygen atoms in total. The van der Waals surface area contributed by atoms with Gasteiger partial charge in [0.2, 0.25) is 5.56 Å². The van der Waals surface area contributed by atoms with Crippen LogP contribution in [0.3, 0.4) is 0 Å². The van der Waals surface area contributed by atoms with Gasteiger partial charge in [0.25, 0.3) is 0 Å². The molecule has 0 radical (unpaired) electrons. The van der Waals surface area contributed by atoms with Crippen LogP contribution in [0, 0.1) is 0 Å². The lowest BCUT2D eigenvalue weighted by molar-refractivity contribution is 0.585. The van der Waals surface area contributed by atoms with Gasteiger partial charge in [-0.1, -0.05) is 34.6 Å². The van der Waals surface area contributed by atoms with Gasteiger partial charge in [0.05, 0.1) is 0 Å². The first kappa shape index (κ1) is 11.0. The number of nitrogens with one attached hydrogen (secondary N) is 1. The molecular weight excluding hydrogens is 174 g/mol. The van der Waals surface area contributed by atoms with Gasteiger partial charge in [-0.25, -0.2) is 0 Å². The summed E-state index contributed by atoms with van der Waals surface area (Å²) in [7, 11) is 0. The first-order valence-electron chi connectivity index (χ1n) is 5.05. The summed E-state index contributed by atoms with van der Waals surface area (Å²) in [6, 6.07) is 3.78. The maximum atomic E-state index is 11.4. The molecule has 0 aromatic carbocycles. The van der Waals surface area contributed by atoms with Crippen LogP contribution in [0.1, 0.15) is 51.8 Å². The van der Waals surface area contributed by atoms with Gasteiger partial charge < -0.3 is 4.98 Å². The number of rotatable bonds is 1. The molecule has 0 atom stereocenters. The highest BCUT2D eigenvalue weighted by atomic mass is 16.1. The van der Waals surface area contributed by atoms with Crippen LogP contribution < -0.4 is 5.56 Å². The van der Waals surface area contributed by atoms with Crippen molar-refractivity contribution in [3.8, 4) is 0 Å². The van der Waals surface area contributed by atoms with E-state index < -0.39 is 0 Å². The molecule has 1 heterocycles. The van der Waals surface area contributed by atoms with Crippen LogP contribution in [0.25, 0.3) is 0 Å². The van der Waals surface area contributed by atoms with E-state index in [4.69, 9.17) is 0 Å². The molecule has 0 saturated heterocycles. The Labute approximate surface area is 85.4 Å². The maximum Gasteiger partial charge on any atom is 0.248 e. The Morgan fingerprint density at radius 2 is 1.79 bits per heavy atom. The van der Waals surface area contributed by atoms with Crippen molar-refractivity contribution in [1.82, 2.24) is 4.98 Å². The Morgan fingerprint density at radius 3 is 2.21 bits per heavy atom. The second kappa shape index (κ2) is 3.60. The largest absolute Gasteiger partial charge is 0.326 e. The van der Waals surface area contributed by atoms with Crippen LogP contribution in [-0.4, -0.2) is 4.98 Å². The van der Waals surface area contributed by atoms with Crippen LogP contribution in [0.2, 0.25) is 0 Å². The third-order valence-corrected chi connectivity index (χ3v) is 2.35. The second-order valence-corrected chi connectivity index (χ2v) is 5.09. The average Bonchev–Trinajstić information content (AvgIpc) is 2.01. The van der Waals surface area contributed by atoms with E-state index in [0.717, 1.165) is 11.3 Å². The fraction of sp³-hybridized carbons (Fsp3) is 0.583. The molecule has 0 amide bonds. The average molecular weight is 193 g/mol. The molecule has 1 aromatic heterocycles. The van der Waals surface area contributed by atoms with Crippen molar-refractivity contribution >= 4 is 0 Å². The quantitative estimate of drug-likeness (QED) is 0.731. The van der Waals surface area contributed by atoms with Crippen molar-refractivity contribution in [2.45, 2.75) is 46.0 Å². The molecule has 1 aromatic rings. The van der Waals surface area contributed by atoms with E-state index in [0.29, 0.717) is 5.92 Å². The summed E-state index contributed by atoms with van der Waals surface area (Å²) < 4.78 is 0. The fourth-order valence-corrected chi connectivity index (χ4v) is 1.31. The highest BCUT2D eigenvalue weighted by Crippen LogP contribution is 2.22. The van der Waals surface area contributed by atoms with Gasteiger partial charge in [-0.05, 0) is 23.0 Å². The Kier molecular flexibility index (Phi) is 2.84. The number of hydrogen-bond acceptors (Lipinski definition) is 1. The van der Waals surface area contributed by atoms with Crippen molar-refractivity contribution < 1.29 is 0 Å². The van der Waals surface area contributed by atoms with Gasteiger partial charge >= 0.3 is 0 Å². The van der Waals surface area contributed by atoms with Crippen LogP contribution in [0.4, 0.5) is 0 Å². The van der Waals surface area contributed by atoms with E-state index in [1.807, 2.05) is 0 Å². The highest BCUT2D eigenvalue weighted by molar-refractivity contribution is 5.24. The lowest BCUT2D eigenvalue weighted by Crippen LogP contribution is -2.18. The first-order valence-corrected chi connectivity index (χ1v) is 5.05. The summed E-state index contributed by atoms with van der Waals surface area (Å²) in [4.78, 5) is 14.3. The molecule has 0 spiro atoms. The molecule has 1 rings (SSSR count). The van der Waals surface area contributed by atoms with E-state index in [1.165, 1.54) is 0 Å². The molecule has 0 aliphatic carbocycles. The van der Waals surface area contributed by atoms with Crippen molar-refractivity contribution in [1.29, 1.82) is 0 Å². The second-order valence-electron chi connectivity index (χ2n) is 5.09. The van der Waals surface area contributed by atoms with Crippen molar-refractivity contribution in [2.24, 2.45) is 0 Å². The molecule has 0 saturated carbocycles. The zero-order chi connectivity index (χ0) is 10.9. The van der Waals surface area contributed by atoms with Crippen LogP contribution in [0.15, 0.2) is 16.9 Å². The Morgan fingerprint density at radius 1 is 1.21 bits per heavy atom. The van der Waals surface area contributed by atoms with E-state index in [-0.39, 0.29) is 11.0 Å². The summed E-state index contributed by atoms with van der Waals surface area (Å²) in [5.74, 6) is 0.366. The van der Waals surface area contributed by atoms with E-state index in [9.17, 15) is 4.79 Å². The molecule has 1 N–H and O–H groups in total. The maximum absolute atomic E-state index is 11.4. The monoisotopic (exact) mass is 193 g/mol. The van der Waals surface area contributed by atoms with Gasteiger partial charge in [-0.3, -0.25) is 4.79 Å². The Balaban J connectivity index is 3.28. The van der Waals surface area contributed by atoms with Gasteiger partial charge in [0.1, 0.15) is 0 Å². The smallest absolute Gasteiger partial charge is 0.248 e. The van der Waals surface area contributed by atoms with Crippen LogP contribution in [0.5, 0.6) is 0 Å². The van der Waals surface area contributed by atoms with Gasteiger partial charge in [-0.15, -0.1) is 0 Å². The minimum atomic E-state index is 0.00104. The Hall–Kier alpha value is -1.05. The van der Waals surface area contributed by atoms with Crippen molar-refractivity contribution in [3.63, 3.8) is 0 Å².